The van der Waals surface area contributed by atoms with E-state index in [0.717, 1.165) is 37.0 Å². The van der Waals surface area contributed by atoms with Crippen LogP contribution in [0.15, 0.2) is 29.2 Å². The Labute approximate surface area is 171 Å². The van der Waals surface area contributed by atoms with Crippen molar-refractivity contribution in [2.45, 2.75) is 67.8 Å². The van der Waals surface area contributed by atoms with Gasteiger partial charge in [-0.15, -0.1) is 0 Å². The third-order valence-corrected chi connectivity index (χ3v) is 9.53. The van der Waals surface area contributed by atoms with Crippen LogP contribution in [0.25, 0.3) is 0 Å². The van der Waals surface area contributed by atoms with Crippen LogP contribution < -0.4 is 5.32 Å². The van der Waals surface area contributed by atoms with Gasteiger partial charge < -0.3 is 5.32 Å². The molecule has 0 aromatic heterocycles. The fourth-order valence-corrected chi connectivity index (χ4v) is 8.42. The molecule has 1 heterocycles. The Morgan fingerprint density at radius 1 is 1.04 bits per heavy atom. The number of nitrogens with one attached hydrogen (secondary N) is 1. The van der Waals surface area contributed by atoms with Gasteiger partial charge in [-0.2, -0.15) is 4.31 Å². The molecule has 7 heteroatoms. The second-order valence-corrected chi connectivity index (χ2v) is 11.7. The highest BCUT2D eigenvalue weighted by molar-refractivity contribution is 7.89. The molecule has 1 aliphatic heterocycles. The van der Waals surface area contributed by atoms with Crippen molar-refractivity contribution in [2.24, 2.45) is 17.8 Å². The summed E-state index contributed by atoms with van der Waals surface area (Å²) in [5.74, 6) is 2.12. The van der Waals surface area contributed by atoms with Crippen molar-refractivity contribution < 1.29 is 13.2 Å². The Morgan fingerprint density at radius 2 is 1.61 bits per heavy atom. The van der Waals surface area contributed by atoms with E-state index < -0.39 is 16.1 Å². The highest BCUT2D eigenvalue weighted by Gasteiger charge is 2.52. The first-order valence-corrected chi connectivity index (χ1v) is 12.3. The Hall–Kier alpha value is -1.11. The van der Waals surface area contributed by atoms with E-state index in [0.29, 0.717) is 24.4 Å². The highest BCUT2D eigenvalue weighted by atomic mass is 35.5. The van der Waals surface area contributed by atoms with Crippen LogP contribution >= 0.6 is 11.6 Å². The van der Waals surface area contributed by atoms with Gasteiger partial charge in [-0.3, -0.25) is 4.79 Å². The van der Waals surface area contributed by atoms with Crippen molar-refractivity contribution in [3.8, 4) is 0 Å². The predicted octanol–water partition coefficient (Wildman–Crippen LogP) is 3.58. The second kappa shape index (κ2) is 6.71. The molecule has 5 fully saturated rings. The van der Waals surface area contributed by atoms with Gasteiger partial charge in [0.2, 0.25) is 15.9 Å². The molecule has 1 N–H and O–H groups in total. The first-order chi connectivity index (χ1) is 13.3. The number of hydrogen-bond acceptors (Lipinski definition) is 3. The first kappa shape index (κ1) is 18.9. The number of hydrogen-bond donors (Lipinski definition) is 1. The third kappa shape index (κ3) is 3.17. The van der Waals surface area contributed by atoms with E-state index in [4.69, 9.17) is 11.6 Å². The molecule has 1 saturated heterocycles. The normalized spacial score (nSPS) is 37.3. The van der Waals surface area contributed by atoms with Gasteiger partial charge in [-0.05, 0) is 93.4 Å². The molecule has 4 bridgehead atoms. The lowest BCUT2D eigenvalue weighted by atomic mass is 9.53. The van der Waals surface area contributed by atoms with E-state index in [2.05, 4.69) is 5.32 Å². The van der Waals surface area contributed by atoms with E-state index in [1.807, 2.05) is 0 Å². The number of amides is 1. The summed E-state index contributed by atoms with van der Waals surface area (Å²) in [5, 5.41) is 3.86. The Bertz CT molecular complexity index is 848. The number of rotatable bonds is 4. The van der Waals surface area contributed by atoms with Crippen LogP contribution in [0.4, 0.5) is 0 Å². The molecule has 4 aliphatic carbocycles. The van der Waals surface area contributed by atoms with E-state index in [9.17, 15) is 13.2 Å². The van der Waals surface area contributed by atoms with Gasteiger partial charge in [-0.1, -0.05) is 11.6 Å². The molecular formula is C21H27ClN2O3S. The minimum Gasteiger partial charge on any atom is -0.349 e. The van der Waals surface area contributed by atoms with Gasteiger partial charge in [0, 0.05) is 17.1 Å². The molecular weight excluding hydrogens is 396 g/mol. The summed E-state index contributed by atoms with van der Waals surface area (Å²) in [7, 11) is -3.70. The lowest BCUT2D eigenvalue weighted by Crippen LogP contribution is -2.62. The Kier molecular flexibility index (Phi) is 4.53. The zero-order valence-electron chi connectivity index (χ0n) is 15.9. The van der Waals surface area contributed by atoms with Crippen molar-refractivity contribution in [3.63, 3.8) is 0 Å². The quantitative estimate of drug-likeness (QED) is 0.806. The maximum Gasteiger partial charge on any atom is 0.243 e. The summed E-state index contributed by atoms with van der Waals surface area (Å²) < 4.78 is 27.6. The average molecular weight is 423 g/mol. The Balaban J connectivity index is 1.35. The minimum atomic E-state index is -3.70. The number of carbonyl (C=O) groups excluding carboxylic acids is 1. The number of benzene rings is 1. The van der Waals surface area contributed by atoms with Crippen LogP contribution in [0.1, 0.15) is 51.4 Å². The molecule has 1 aromatic rings. The second-order valence-electron chi connectivity index (χ2n) is 9.41. The minimum absolute atomic E-state index is 0.0931. The summed E-state index contributed by atoms with van der Waals surface area (Å²) in [6.45, 7) is 0.393. The van der Waals surface area contributed by atoms with Gasteiger partial charge in [0.15, 0.2) is 0 Å². The molecule has 4 saturated carbocycles. The number of sulfonamides is 1. The smallest absolute Gasteiger partial charge is 0.243 e. The zero-order valence-corrected chi connectivity index (χ0v) is 17.5. The molecule has 1 aromatic carbocycles. The van der Waals surface area contributed by atoms with Gasteiger partial charge in [0.05, 0.1) is 4.90 Å². The highest BCUT2D eigenvalue weighted by Crippen LogP contribution is 2.55. The number of carbonyl (C=O) groups is 1. The molecule has 6 rings (SSSR count). The fourth-order valence-electron chi connectivity index (χ4n) is 6.64. The van der Waals surface area contributed by atoms with Crippen LogP contribution in [0, 0.1) is 17.8 Å². The van der Waals surface area contributed by atoms with E-state index in [1.54, 1.807) is 12.1 Å². The first-order valence-electron chi connectivity index (χ1n) is 10.4. The maximum absolute atomic E-state index is 13.2. The van der Waals surface area contributed by atoms with Crippen molar-refractivity contribution in [1.29, 1.82) is 0 Å². The van der Waals surface area contributed by atoms with Crippen LogP contribution in [-0.4, -0.2) is 36.8 Å². The van der Waals surface area contributed by atoms with Crippen molar-refractivity contribution in [3.05, 3.63) is 29.3 Å². The lowest BCUT2D eigenvalue weighted by molar-refractivity contribution is -0.130. The zero-order chi connectivity index (χ0) is 19.5. The Morgan fingerprint density at radius 3 is 2.18 bits per heavy atom. The molecule has 1 amide bonds. The monoisotopic (exact) mass is 422 g/mol. The van der Waals surface area contributed by atoms with Gasteiger partial charge in [0.25, 0.3) is 0 Å². The maximum atomic E-state index is 13.2. The van der Waals surface area contributed by atoms with E-state index >= 15 is 0 Å². The molecule has 0 radical (unpaired) electrons. The summed E-state index contributed by atoms with van der Waals surface area (Å²) in [6, 6.07) is 5.59. The van der Waals surface area contributed by atoms with Crippen LogP contribution in [0.3, 0.4) is 0 Å². The predicted molar refractivity (Wildman–Crippen MR) is 107 cm³/mol. The number of nitrogens with zero attached hydrogens (tertiary/aromatic N) is 1. The summed E-state index contributed by atoms with van der Waals surface area (Å²) >= 11 is 5.90. The van der Waals surface area contributed by atoms with Crippen molar-refractivity contribution in [2.75, 3.05) is 6.54 Å². The van der Waals surface area contributed by atoms with Gasteiger partial charge in [0.1, 0.15) is 6.04 Å². The van der Waals surface area contributed by atoms with Crippen molar-refractivity contribution >= 4 is 27.5 Å². The van der Waals surface area contributed by atoms with Crippen molar-refractivity contribution in [1.82, 2.24) is 9.62 Å². The summed E-state index contributed by atoms with van der Waals surface area (Å²) in [4.78, 5) is 13.4. The SMILES string of the molecule is O=C(NC12CC3CC(CC(C3)C1)C2)[C@@H]1CCCN1S(=O)(=O)c1ccc(Cl)cc1. The average Bonchev–Trinajstić information content (AvgIpc) is 3.11. The lowest BCUT2D eigenvalue weighted by Gasteiger charge is -2.57. The molecule has 1 atom stereocenters. The van der Waals surface area contributed by atoms with Crippen LogP contribution in [0.5, 0.6) is 0 Å². The van der Waals surface area contributed by atoms with Gasteiger partial charge >= 0.3 is 0 Å². The molecule has 5 aliphatic rings. The topological polar surface area (TPSA) is 66.5 Å². The van der Waals surface area contributed by atoms with E-state index in [1.165, 1.54) is 35.7 Å². The molecule has 28 heavy (non-hydrogen) atoms. The third-order valence-electron chi connectivity index (χ3n) is 7.35. The molecule has 152 valence electrons. The van der Waals surface area contributed by atoms with Gasteiger partial charge in [-0.25, -0.2) is 8.42 Å². The van der Waals surface area contributed by atoms with Crippen LogP contribution in [0.2, 0.25) is 5.02 Å². The fraction of sp³-hybridized carbons (Fsp3) is 0.667. The number of halogens is 1. The molecule has 0 spiro atoms. The molecule has 5 nitrogen and oxygen atoms in total. The summed E-state index contributed by atoms with van der Waals surface area (Å²) in [5.41, 5.74) is -0.0931. The largest absolute Gasteiger partial charge is 0.349 e. The van der Waals surface area contributed by atoms with Crippen LogP contribution in [-0.2, 0) is 14.8 Å². The standard InChI is InChI=1S/C21H27ClN2O3S/c22-17-3-5-18(6-4-17)28(26,27)24-7-1-2-19(24)20(25)23-21-11-14-8-15(12-21)10-16(9-14)13-21/h3-6,14-16,19H,1-2,7-13H2,(H,23,25)/t14?,15?,16?,19-,21?/m0/s1. The van der Waals surface area contributed by atoms with E-state index in [-0.39, 0.29) is 16.3 Å². The summed E-state index contributed by atoms with van der Waals surface area (Å²) in [6.07, 6.45) is 8.46. The molecule has 0 unspecified atom stereocenters.